The fourth-order valence-electron chi connectivity index (χ4n) is 1.90. The van der Waals surface area contributed by atoms with Crippen molar-refractivity contribution in [3.05, 3.63) is 35.9 Å². The first-order valence-electron chi connectivity index (χ1n) is 5.71. The Morgan fingerprint density at radius 1 is 1.31 bits per heavy atom. The molecule has 0 radical (unpaired) electrons. The molecule has 0 amide bonds. The molecule has 1 saturated heterocycles. The molecule has 0 bridgehead atoms. The van der Waals surface area contributed by atoms with Crippen molar-refractivity contribution in [2.45, 2.75) is 31.7 Å². The average molecular weight is 241 g/mol. The lowest BCUT2D eigenvalue weighted by molar-refractivity contribution is 0.0274. The van der Waals surface area contributed by atoms with Crippen LogP contribution in [0.4, 0.5) is 0 Å². The van der Waals surface area contributed by atoms with Crippen LogP contribution in [0.25, 0.3) is 0 Å². The Bertz CT molecular complexity index is 302. The Kier molecular flexibility index (Phi) is 4.64. The van der Waals surface area contributed by atoms with Crippen LogP contribution in [0.1, 0.15) is 18.4 Å². The molecule has 0 N–H and O–H groups in total. The third-order valence-electron chi connectivity index (χ3n) is 2.80. The van der Waals surface area contributed by atoms with E-state index >= 15 is 0 Å². The van der Waals surface area contributed by atoms with E-state index in [0.717, 1.165) is 12.8 Å². The number of benzene rings is 1. The Morgan fingerprint density at radius 2 is 2.12 bits per heavy atom. The monoisotopic (exact) mass is 240 g/mol. The minimum Gasteiger partial charge on any atom is -0.375 e. The molecular formula is C13H17ClO2. The molecule has 2 atom stereocenters. The fraction of sp³-hybridized carbons (Fsp3) is 0.538. The number of rotatable bonds is 5. The van der Waals surface area contributed by atoms with Crippen molar-refractivity contribution in [3.8, 4) is 0 Å². The molecule has 16 heavy (non-hydrogen) atoms. The van der Waals surface area contributed by atoms with Gasteiger partial charge in [0.15, 0.2) is 0 Å². The van der Waals surface area contributed by atoms with E-state index in [1.54, 1.807) is 0 Å². The Hall–Kier alpha value is -0.570. The lowest BCUT2D eigenvalue weighted by Gasteiger charge is -2.10. The number of hydrogen-bond acceptors (Lipinski definition) is 2. The van der Waals surface area contributed by atoms with Crippen molar-refractivity contribution in [1.29, 1.82) is 0 Å². The van der Waals surface area contributed by atoms with Gasteiger partial charge < -0.3 is 9.47 Å². The maximum atomic E-state index is 5.80. The van der Waals surface area contributed by atoms with Crippen LogP contribution >= 0.6 is 11.6 Å². The maximum Gasteiger partial charge on any atom is 0.0837 e. The van der Waals surface area contributed by atoms with Gasteiger partial charge in [-0.15, -0.1) is 11.6 Å². The first-order chi connectivity index (χ1) is 7.88. The highest BCUT2D eigenvalue weighted by molar-refractivity contribution is 6.17. The predicted octanol–water partition coefficient (Wildman–Crippen LogP) is 2.99. The molecule has 0 aliphatic carbocycles. The summed E-state index contributed by atoms with van der Waals surface area (Å²) in [6.45, 7) is 1.37. The summed E-state index contributed by atoms with van der Waals surface area (Å²) in [5.41, 5.74) is 1.21. The average Bonchev–Trinajstić information content (AvgIpc) is 2.76. The molecule has 0 spiro atoms. The Balaban J connectivity index is 1.72. The minimum absolute atomic E-state index is 0.230. The van der Waals surface area contributed by atoms with Gasteiger partial charge in [0, 0.05) is 12.3 Å². The SMILES string of the molecule is ClCCC1CC(OCc2ccccc2)CO1. The second-order valence-corrected chi connectivity index (χ2v) is 4.47. The maximum absolute atomic E-state index is 5.80. The third-order valence-corrected chi connectivity index (χ3v) is 3.02. The van der Waals surface area contributed by atoms with Crippen LogP contribution in [-0.4, -0.2) is 24.7 Å². The van der Waals surface area contributed by atoms with Gasteiger partial charge in [0.1, 0.15) is 0 Å². The second-order valence-electron chi connectivity index (χ2n) is 4.09. The Morgan fingerprint density at radius 3 is 2.88 bits per heavy atom. The molecule has 2 nitrogen and oxygen atoms in total. The van der Waals surface area contributed by atoms with Crippen molar-refractivity contribution in [1.82, 2.24) is 0 Å². The van der Waals surface area contributed by atoms with Gasteiger partial charge in [-0.25, -0.2) is 0 Å². The molecule has 1 heterocycles. The number of ether oxygens (including phenoxy) is 2. The van der Waals surface area contributed by atoms with E-state index in [2.05, 4.69) is 12.1 Å². The van der Waals surface area contributed by atoms with Gasteiger partial charge >= 0.3 is 0 Å². The van der Waals surface area contributed by atoms with Gasteiger partial charge in [0.2, 0.25) is 0 Å². The van der Waals surface area contributed by atoms with Crippen LogP contribution in [0.3, 0.4) is 0 Å². The van der Waals surface area contributed by atoms with Crippen molar-refractivity contribution in [2.24, 2.45) is 0 Å². The zero-order valence-corrected chi connectivity index (χ0v) is 10.0. The van der Waals surface area contributed by atoms with Gasteiger partial charge in [-0.2, -0.15) is 0 Å². The molecule has 1 fully saturated rings. The van der Waals surface area contributed by atoms with E-state index in [4.69, 9.17) is 21.1 Å². The van der Waals surface area contributed by atoms with E-state index in [9.17, 15) is 0 Å². The van der Waals surface area contributed by atoms with Crippen LogP contribution < -0.4 is 0 Å². The molecule has 0 aromatic heterocycles. The van der Waals surface area contributed by atoms with Gasteiger partial charge in [0.25, 0.3) is 0 Å². The first kappa shape index (κ1) is 11.9. The molecule has 3 heteroatoms. The van der Waals surface area contributed by atoms with Gasteiger partial charge in [-0.3, -0.25) is 0 Å². The smallest absolute Gasteiger partial charge is 0.0837 e. The molecule has 1 aromatic rings. The summed E-state index contributed by atoms with van der Waals surface area (Å²) in [4.78, 5) is 0. The van der Waals surface area contributed by atoms with E-state index < -0.39 is 0 Å². The highest BCUT2D eigenvalue weighted by Gasteiger charge is 2.25. The van der Waals surface area contributed by atoms with Crippen LogP contribution in [-0.2, 0) is 16.1 Å². The molecule has 2 unspecified atom stereocenters. The summed E-state index contributed by atoms with van der Waals surface area (Å²) >= 11 is 5.68. The lowest BCUT2D eigenvalue weighted by Crippen LogP contribution is -2.12. The molecule has 1 aliphatic rings. The largest absolute Gasteiger partial charge is 0.375 e. The number of hydrogen-bond donors (Lipinski definition) is 0. The van der Waals surface area contributed by atoms with Gasteiger partial charge in [-0.05, 0) is 12.0 Å². The summed E-state index contributed by atoms with van der Waals surface area (Å²) in [5.74, 6) is 0.663. The predicted molar refractivity (Wildman–Crippen MR) is 64.7 cm³/mol. The van der Waals surface area contributed by atoms with E-state index in [0.29, 0.717) is 25.2 Å². The number of alkyl halides is 1. The zero-order valence-electron chi connectivity index (χ0n) is 9.27. The molecule has 1 aliphatic heterocycles. The summed E-state index contributed by atoms with van der Waals surface area (Å²) in [6.07, 6.45) is 2.42. The normalized spacial score (nSPS) is 24.8. The molecule has 0 saturated carbocycles. The van der Waals surface area contributed by atoms with E-state index in [1.807, 2.05) is 18.2 Å². The first-order valence-corrected chi connectivity index (χ1v) is 6.25. The van der Waals surface area contributed by atoms with Crippen molar-refractivity contribution < 1.29 is 9.47 Å². The molecule has 88 valence electrons. The summed E-state index contributed by atoms with van der Waals surface area (Å²) in [5, 5.41) is 0. The molecular weight excluding hydrogens is 224 g/mol. The fourth-order valence-corrected chi connectivity index (χ4v) is 2.14. The van der Waals surface area contributed by atoms with Crippen molar-refractivity contribution in [2.75, 3.05) is 12.5 Å². The van der Waals surface area contributed by atoms with E-state index in [-0.39, 0.29) is 6.10 Å². The van der Waals surface area contributed by atoms with E-state index in [1.165, 1.54) is 5.56 Å². The summed E-state index contributed by atoms with van der Waals surface area (Å²) in [6, 6.07) is 10.2. The number of halogens is 1. The third kappa shape index (κ3) is 3.48. The van der Waals surface area contributed by atoms with Crippen molar-refractivity contribution in [3.63, 3.8) is 0 Å². The highest BCUT2D eigenvalue weighted by Crippen LogP contribution is 2.20. The van der Waals surface area contributed by atoms with Crippen LogP contribution in [0.2, 0.25) is 0 Å². The van der Waals surface area contributed by atoms with Gasteiger partial charge in [-0.1, -0.05) is 30.3 Å². The highest BCUT2D eigenvalue weighted by atomic mass is 35.5. The zero-order chi connectivity index (χ0) is 11.2. The second kappa shape index (κ2) is 6.24. The van der Waals surface area contributed by atoms with Crippen LogP contribution in [0.15, 0.2) is 30.3 Å². The standard InChI is InChI=1S/C13H17ClO2/c14-7-6-12-8-13(10-16-12)15-9-11-4-2-1-3-5-11/h1-5,12-13H,6-10H2. The van der Waals surface area contributed by atoms with Crippen molar-refractivity contribution >= 4 is 11.6 Å². The van der Waals surface area contributed by atoms with Crippen LogP contribution in [0, 0.1) is 0 Å². The summed E-state index contributed by atoms with van der Waals surface area (Å²) in [7, 11) is 0. The minimum atomic E-state index is 0.230. The topological polar surface area (TPSA) is 18.5 Å². The van der Waals surface area contributed by atoms with Gasteiger partial charge in [0.05, 0.1) is 25.4 Å². The Labute approximate surface area is 102 Å². The lowest BCUT2D eigenvalue weighted by atomic mass is 10.1. The molecule has 2 rings (SSSR count). The summed E-state index contributed by atoms with van der Waals surface area (Å²) < 4.78 is 11.4. The van der Waals surface area contributed by atoms with Crippen LogP contribution in [0.5, 0.6) is 0 Å². The quantitative estimate of drug-likeness (QED) is 0.737. The molecule has 1 aromatic carbocycles.